The van der Waals surface area contributed by atoms with Gasteiger partial charge in [0.2, 0.25) is 0 Å². The second-order valence-corrected chi connectivity index (χ2v) is 4.26. The second-order valence-electron chi connectivity index (χ2n) is 4.26. The highest BCUT2D eigenvalue weighted by Gasteiger charge is 2.31. The Labute approximate surface area is 80.7 Å². The third kappa shape index (κ3) is 2.53. The van der Waals surface area contributed by atoms with Crippen molar-refractivity contribution in [1.82, 2.24) is 0 Å². The van der Waals surface area contributed by atoms with E-state index in [1.165, 1.54) is 6.42 Å². The van der Waals surface area contributed by atoms with E-state index in [1.807, 2.05) is 0 Å². The molecule has 0 spiro atoms. The van der Waals surface area contributed by atoms with Crippen molar-refractivity contribution in [2.24, 2.45) is 11.8 Å². The topological polar surface area (TPSA) is 26.3 Å². The number of Topliss-reactive ketones (excluding diaryl/α,β-unsaturated/α-hetero) is 1. The molecule has 2 heteroatoms. The molecule has 76 valence electrons. The molecule has 1 saturated carbocycles. The van der Waals surface area contributed by atoms with Gasteiger partial charge < -0.3 is 4.74 Å². The van der Waals surface area contributed by atoms with Crippen molar-refractivity contribution < 1.29 is 9.53 Å². The fourth-order valence-corrected chi connectivity index (χ4v) is 2.26. The highest BCUT2D eigenvalue weighted by molar-refractivity contribution is 5.82. The molecule has 0 aromatic rings. The SMILES string of the molecule is CO[C@H](C(C)C)[C@@H]1CCCCC1=O. The lowest BCUT2D eigenvalue weighted by Gasteiger charge is -2.30. The number of rotatable bonds is 3. The molecule has 0 unspecified atom stereocenters. The summed E-state index contributed by atoms with van der Waals surface area (Å²) in [6.07, 6.45) is 4.17. The average molecular weight is 184 g/mol. The Morgan fingerprint density at radius 3 is 2.54 bits per heavy atom. The number of hydrogen-bond acceptors (Lipinski definition) is 2. The highest BCUT2D eigenvalue weighted by Crippen LogP contribution is 2.28. The second kappa shape index (κ2) is 4.75. The van der Waals surface area contributed by atoms with Crippen molar-refractivity contribution in [3.05, 3.63) is 0 Å². The van der Waals surface area contributed by atoms with Crippen molar-refractivity contribution in [3.8, 4) is 0 Å². The van der Waals surface area contributed by atoms with Crippen LogP contribution in [0.5, 0.6) is 0 Å². The zero-order chi connectivity index (χ0) is 9.84. The van der Waals surface area contributed by atoms with Gasteiger partial charge in [0.15, 0.2) is 0 Å². The van der Waals surface area contributed by atoms with Crippen LogP contribution in [0.25, 0.3) is 0 Å². The van der Waals surface area contributed by atoms with E-state index < -0.39 is 0 Å². The zero-order valence-corrected chi connectivity index (χ0v) is 8.88. The molecular weight excluding hydrogens is 164 g/mol. The van der Waals surface area contributed by atoms with E-state index in [-0.39, 0.29) is 12.0 Å². The first-order valence-corrected chi connectivity index (χ1v) is 5.22. The fraction of sp³-hybridized carbons (Fsp3) is 0.909. The number of carbonyl (C=O) groups excluding carboxylic acids is 1. The van der Waals surface area contributed by atoms with Crippen molar-refractivity contribution in [2.45, 2.75) is 45.6 Å². The van der Waals surface area contributed by atoms with Crippen LogP contribution in [0.2, 0.25) is 0 Å². The third-order valence-electron chi connectivity index (χ3n) is 2.93. The number of carbonyl (C=O) groups is 1. The molecule has 0 aromatic heterocycles. The molecule has 1 aliphatic rings. The Balaban J connectivity index is 2.60. The molecule has 0 bridgehead atoms. The van der Waals surface area contributed by atoms with Crippen LogP contribution in [0.4, 0.5) is 0 Å². The molecule has 0 amide bonds. The maximum atomic E-state index is 11.6. The Kier molecular flexibility index (Phi) is 3.91. The molecule has 1 fully saturated rings. The van der Waals surface area contributed by atoms with Gasteiger partial charge in [-0.3, -0.25) is 4.79 Å². The van der Waals surface area contributed by atoms with Crippen molar-refractivity contribution >= 4 is 5.78 Å². The van der Waals surface area contributed by atoms with Gasteiger partial charge in [-0.05, 0) is 18.8 Å². The predicted octanol–water partition coefficient (Wildman–Crippen LogP) is 2.42. The minimum absolute atomic E-state index is 0.132. The maximum absolute atomic E-state index is 11.6. The van der Waals surface area contributed by atoms with Crippen LogP contribution in [-0.2, 0) is 9.53 Å². The van der Waals surface area contributed by atoms with Crippen molar-refractivity contribution in [2.75, 3.05) is 7.11 Å². The lowest BCUT2D eigenvalue weighted by molar-refractivity contribution is -0.131. The highest BCUT2D eigenvalue weighted by atomic mass is 16.5. The summed E-state index contributed by atoms with van der Waals surface area (Å²) in [6.45, 7) is 4.24. The van der Waals surface area contributed by atoms with Crippen LogP contribution < -0.4 is 0 Å². The zero-order valence-electron chi connectivity index (χ0n) is 8.88. The first-order valence-electron chi connectivity index (χ1n) is 5.22. The third-order valence-corrected chi connectivity index (χ3v) is 2.93. The summed E-state index contributed by atoms with van der Waals surface area (Å²) < 4.78 is 5.40. The van der Waals surface area contributed by atoms with Gasteiger partial charge >= 0.3 is 0 Å². The summed E-state index contributed by atoms with van der Waals surface area (Å²) in [5.41, 5.74) is 0. The van der Waals surface area contributed by atoms with E-state index in [4.69, 9.17) is 4.74 Å². The largest absolute Gasteiger partial charge is 0.380 e. The van der Waals surface area contributed by atoms with Crippen LogP contribution in [-0.4, -0.2) is 19.0 Å². The summed E-state index contributed by atoms with van der Waals surface area (Å²) in [6, 6.07) is 0. The molecule has 0 aromatic carbocycles. The fourth-order valence-electron chi connectivity index (χ4n) is 2.26. The van der Waals surface area contributed by atoms with Gasteiger partial charge in [0.25, 0.3) is 0 Å². The van der Waals surface area contributed by atoms with Crippen molar-refractivity contribution in [3.63, 3.8) is 0 Å². The average Bonchev–Trinajstić information content (AvgIpc) is 2.09. The Hall–Kier alpha value is -0.370. The van der Waals surface area contributed by atoms with E-state index in [0.29, 0.717) is 11.7 Å². The van der Waals surface area contributed by atoms with Gasteiger partial charge in [-0.25, -0.2) is 0 Å². The van der Waals surface area contributed by atoms with Gasteiger partial charge in [-0.15, -0.1) is 0 Å². The van der Waals surface area contributed by atoms with E-state index in [2.05, 4.69) is 13.8 Å². The quantitative estimate of drug-likeness (QED) is 0.673. The molecule has 1 rings (SSSR count). The summed E-state index contributed by atoms with van der Waals surface area (Å²) in [5, 5.41) is 0. The smallest absolute Gasteiger partial charge is 0.138 e. The van der Waals surface area contributed by atoms with Crippen LogP contribution in [0.1, 0.15) is 39.5 Å². The van der Waals surface area contributed by atoms with E-state index in [0.717, 1.165) is 19.3 Å². The minimum Gasteiger partial charge on any atom is -0.380 e. The predicted molar refractivity (Wildman–Crippen MR) is 52.6 cm³/mol. The van der Waals surface area contributed by atoms with Crippen LogP contribution in [0.3, 0.4) is 0 Å². The Morgan fingerprint density at radius 1 is 1.38 bits per heavy atom. The molecule has 2 atom stereocenters. The lowest BCUT2D eigenvalue weighted by Crippen LogP contribution is -2.35. The molecule has 2 nitrogen and oxygen atoms in total. The Morgan fingerprint density at radius 2 is 2.08 bits per heavy atom. The molecule has 0 radical (unpaired) electrons. The number of hydrogen-bond donors (Lipinski definition) is 0. The van der Waals surface area contributed by atoms with Crippen molar-refractivity contribution in [1.29, 1.82) is 0 Å². The standard InChI is InChI=1S/C11H20O2/c1-8(2)11(13-3)9-6-4-5-7-10(9)12/h8-9,11H,4-7H2,1-3H3/t9-,11-/m1/s1. The normalized spacial score (nSPS) is 26.5. The molecule has 0 N–H and O–H groups in total. The molecule has 0 heterocycles. The number of ether oxygens (including phenoxy) is 1. The first kappa shape index (κ1) is 10.7. The lowest BCUT2D eigenvalue weighted by atomic mass is 9.80. The van der Waals surface area contributed by atoms with Gasteiger partial charge in [-0.2, -0.15) is 0 Å². The van der Waals surface area contributed by atoms with Gasteiger partial charge in [0, 0.05) is 19.4 Å². The summed E-state index contributed by atoms with van der Waals surface area (Å²) in [4.78, 5) is 11.6. The molecule has 1 aliphatic carbocycles. The molecule has 0 aliphatic heterocycles. The van der Waals surface area contributed by atoms with Gasteiger partial charge in [0.05, 0.1) is 6.10 Å². The Bertz CT molecular complexity index is 175. The van der Waals surface area contributed by atoms with E-state index in [9.17, 15) is 4.79 Å². The van der Waals surface area contributed by atoms with Gasteiger partial charge in [-0.1, -0.05) is 20.3 Å². The minimum atomic E-state index is 0.132. The van der Waals surface area contributed by atoms with Crippen LogP contribution in [0, 0.1) is 11.8 Å². The van der Waals surface area contributed by atoms with Crippen LogP contribution in [0.15, 0.2) is 0 Å². The summed E-state index contributed by atoms with van der Waals surface area (Å²) in [5.74, 6) is 1.02. The van der Waals surface area contributed by atoms with Crippen LogP contribution >= 0.6 is 0 Å². The summed E-state index contributed by atoms with van der Waals surface area (Å²) >= 11 is 0. The number of ketones is 1. The summed E-state index contributed by atoms with van der Waals surface area (Å²) in [7, 11) is 1.71. The van der Waals surface area contributed by atoms with Gasteiger partial charge in [0.1, 0.15) is 5.78 Å². The monoisotopic (exact) mass is 184 g/mol. The van der Waals surface area contributed by atoms with E-state index in [1.54, 1.807) is 7.11 Å². The molecule has 13 heavy (non-hydrogen) atoms. The first-order chi connectivity index (χ1) is 6.16. The number of methoxy groups -OCH3 is 1. The molecular formula is C11H20O2. The maximum Gasteiger partial charge on any atom is 0.138 e. The van der Waals surface area contributed by atoms with E-state index >= 15 is 0 Å². The molecule has 0 saturated heterocycles.